The summed E-state index contributed by atoms with van der Waals surface area (Å²) in [5.41, 5.74) is 0. The standard InChI is InChI=1S/C22H33NO3/c24-20(12-13-21-10-6-16-26-21)9-2-1-3-11-22(25)23-15-14-18-7-4-5-8-19(18)17-23/h6,10,16,18-19H,1-5,7-9,11-15,17H2. The van der Waals surface area contributed by atoms with E-state index in [1.807, 2.05) is 12.1 Å². The average Bonchev–Trinajstić information content (AvgIpc) is 3.19. The SMILES string of the molecule is O=C(CCCCCC(=O)N1CCC2CCCCC2C1)CCc1ccco1. The van der Waals surface area contributed by atoms with Crippen molar-refractivity contribution in [3.8, 4) is 0 Å². The van der Waals surface area contributed by atoms with E-state index in [-0.39, 0.29) is 0 Å². The fourth-order valence-electron chi connectivity index (χ4n) is 4.60. The normalized spacial score (nSPS) is 22.8. The van der Waals surface area contributed by atoms with E-state index in [4.69, 9.17) is 4.42 Å². The molecule has 2 atom stereocenters. The van der Waals surface area contributed by atoms with E-state index >= 15 is 0 Å². The highest BCUT2D eigenvalue weighted by Crippen LogP contribution is 2.36. The number of aryl methyl sites for hydroxylation is 1. The third kappa shape index (κ3) is 5.72. The largest absolute Gasteiger partial charge is 0.469 e. The number of ketones is 1. The Morgan fingerprint density at radius 1 is 1.00 bits per heavy atom. The lowest BCUT2D eigenvalue weighted by Crippen LogP contribution is -2.44. The molecule has 0 aromatic carbocycles. The number of rotatable bonds is 9. The molecule has 144 valence electrons. The second kappa shape index (κ2) is 9.94. The van der Waals surface area contributed by atoms with Crippen molar-refractivity contribution < 1.29 is 14.0 Å². The predicted molar refractivity (Wildman–Crippen MR) is 102 cm³/mol. The highest BCUT2D eigenvalue weighted by atomic mass is 16.3. The van der Waals surface area contributed by atoms with E-state index < -0.39 is 0 Å². The Morgan fingerprint density at radius 2 is 1.81 bits per heavy atom. The Bertz CT molecular complexity index is 566. The first kappa shape index (κ1) is 19.2. The molecule has 3 rings (SSSR count). The first-order chi connectivity index (χ1) is 12.7. The van der Waals surface area contributed by atoms with Gasteiger partial charge in [-0.15, -0.1) is 0 Å². The van der Waals surface area contributed by atoms with Crippen molar-refractivity contribution in [3.63, 3.8) is 0 Å². The molecule has 0 spiro atoms. The van der Waals surface area contributed by atoms with Crippen LogP contribution < -0.4 is 0 Å². The summed E-state index contributed by atoms with van der Waals surface area (Å²) in [5.74, 6) is 3.14. The van der Waals surface area contributed by atoms with Gasteiger partial charge in [-0.1, -0.05) is 25.7 Å². The topological polar surface area (TPSA) is 50.5 Å². The molecule has 2 heterocycles. The second-order valence-electron chi connectivity index (χ2n) is 8.11. The highest BCUT2D eigenvalue weighted by molar-refractivity contribution is 5.78. The van der Waals surface area contributed by atoms with Crippen LogP contribution >= 0.6 is 0 Å². The van der Waals surface area contributed by atoms with Crippen LogP contribution in [0.1, 0.15) is 76.4 Å². The number of unbranched alkanes of at least 4 members (excludes halogenated alkanes) is 2. The Morgan fingerprint density at radius 3 is 2.62 bits per heavy atom. The monoisotopic (exact) mass is 359 g/mol. The quantitative estimate of drug-likeness (QED) is 0.597. The maximum Gasteiger partial charge on any atom is 0.222 e. The summed E-state index contributed by atoms with van der Waals surface area (Å²) >= 11 is 0. The lowest BCUT2D eigenvalue weighted by Gasteiger charge is -2.41. The van der Waals surface area contributed by atoms with Gasteiger partial charge in [0.15, 0.2) is 0 Å². The van der Waals surface area contributed by atoms with Crippen molar-refractivity contribution in [3.05, 3.63) is 24.2 Å². The minimum absolute atomic E-state index is 0.298. The number of hydrogen-bond acceptors (Lipinski definition) is 3. The molecule has 1 saturated carbocycles. The van der Waals surface area contributed by atoms with Gasteiger partial charge in [0.1, 0.15) is 11.5 Å². The molecule has 26 heavy (non-hydrogen) atoms. The summed E-state index contributed by atoms with van der Waals surface area (Å²) in [7, 11) is 0. The molecule has 4 heteroatoms. The van der Waals surface area contributed by atoms with Crippen molar-refractivity contribution in [1.82, 2.24) is 4.90 Å². The molecule has 2 aliphatic rings. The lowest BCUT2D eigenvalue weighted by molar-refractivity contribution is -0.134. The van der Waals surface area contributed by atoms with Gasteiger partial charge < -0.3 is 9.32 Å². The van der Waals surface area contributed by atoms with Crippen LogP contribution in [0.4, 0.5) is 0 Å². The molecule has 1 amide bonds. The zero-order valence-corrected chi connectivity index (χ0v) is 16.0. The number of carbonyl (C=O) groups excluding carboxylic acids is 2. The summed E-state index contributed by atoms with van der Waals surface area (Å²) in [6, 6.07) is 3.77. The molecule has 1 aromatic rings. The molecular formula is C22H33NO3. The zero-order chi connectivity index (χ0) is 18.2. The van der Waals surface area contributed by atoms with Crippen LogP contribution in [0.2, 0.25) is 0 Å². The Hall–Kier alpha value is -1.58. The van der Waals surface area contributed by atoms with Crippen LogP contribution in [0.15, 0.2) is 22.8 Å². The number of Topliss-reactive ketones (excluding diaryl/α,β-unsaturated/α-hetero) is 1. The van der Waals surface area contributed by atoms with E-state index in [0.29, 0.717) is 37.4 Å². The Balaban J connectivity index is 1.24. The number of furan rings is 1. The van der Waals surface area contributed by atoms with Gasteiger partial charge in [0.2, 0.25) is 5.91 Å². The number of likely N-dealkylation sites (tertiary alicyclic amines) is 1. The third-order valence-electron chi connectivity index (χ3n) is 6.22. The van der Waals surface area contributed by atoms with Crippen LogP contribution in [0.5, 0.6) is 0 Å². The summed E-state index contributed by atoms with van der Waals surface area (Å²) < 4.78 is 5.25. The third-order valence-corrected chi connectivity index (χ3v) is 6.22. The number of piperidine rings is 1. The highest BCUT2D eigenvalue weighted by Gasteiger charge is 2.32. The summed E-state index contributed by atoms with van der Waals surface area (Å²) in [6.45, 7) is 1.96. The molecule has 0 N–H and O–H groups in total. The molecule has 0 bridgehead atoms. The fourth-order valence-corrected chi connectivity index (χ4v) is 4.60. The van der Waals surface area contributed by atoms with Crippen molar-refractivity contribution in [2.75, 3.05) is 13.1 Å². The van der Waals surface area contributed by atoms with Gasteiger partial charge >= 0.3 is 0 Å². The first-order valence-corrected chi connectivity index (χ1v) is 10.5. The fraction of sp³-hybridized carbons (Fsp3) is 0.727. The number of fused-ring (bicyclic) bond motifs is 1. The van der Waals surface area contributed by atoms with Crippen molar-refractivity contribution in [1.29, 1.82) is 0 Å². The van der Waals surface area contributed by atoms with E-state index in [1.54, 1.807) is 6.26 Å². The molecule has 2 fully saturated rings. The van der Waals surface area contributed by atoms with Crippen molar-refractivity contribution in [2.45, 2.75) is 77.0 Å². The van der Waals surface area contributed by atoms with Crippen LogP contribution in [0, 0.1) is 11.8 Å². The number of nitrogens with zero attached hydrogens (tertiary/aromatic N) is 1. The smallest absolute Gasteiger partial charge is 0.222 e. The molecular weight excluding hydrogens is 326 g/mol. The second-order valence-corrected chi connectivity index (χ2v) is 8.11. The van der Waals surface area contributed by atoms with Crippen molar-refractivity contribution >= 4 is 11.7 Å². The van der Waals surface area contributed by atoms with Gasteiger partial charge in [-0.25, -0.2) is 0 Å². The van der Waals surface area contributed by atoms with E-state index in [2.05, 4.69) is 4.90 Å². The molecule has 1 aromatic heterocycles. The molecule has 2 unspecified atom stereocenters. The van der Waals surface area contributed by atoms with Gasteiger partial charge in [-0.2, -0.15) is 0 Å². The number of amides is 1. The minimum atomic E-state index is 0.298. The number of carbonyl (C=O) groups is 2. The van der Waals surface area contributed by atoms with Gasteiger partial charge in [0, 0.05) is 38.8 Å². The average molecular weight is 360 g/mol. The maximum atomic E-state index is 12.5. The van der Waals surface area contributed by atoms with Crippen LogP contribution in [0.25, 0.3) is 0 Å². The molecule has 1 aliphatic carbocycles. The maximum absolute atomic E-state index is 12.5. The van der Waals surface area contributed by atoms with E-state index in [1.165, 1.54) is 32.1 Å². The van der Waals surface area contributed by atoms with Gasteiger partial charge in [0.25, 0.3) is 0 Å². The molecule has 0 radical (unpaired) electrons. The zero-order valence-electron chi connectivity index (χ0n) is 16.0. The van der Waals surface area contributed by atoms with Crippen LogP contribution in [-0.2, 0) is 16.0 Å². The Kier molecular flexibility index (Phi) is 7.33. The van der Waals surface area contributed by atoms with Gasteiger partial charge in [-0.05, 0) is 49.7 Å². The molecule has 1 saturated heterocycles. The summed E-state index contributed by atoms with van der Waals surface area (Å²) in [4.78, 5) is 26.5. The van der Waals surface area contributed by atoms with E-state index in [0.717, 1.165) is 49.9 Å². The van der Waals surface area contributed by atoms with E-state index in [9.17, 15) is 9.59 Å². The molecule has 1 aliphatic heterocycles. The van der Waals surface area contributed by atoms with Crippen LogP contribution in [0.3, 0.4) is 0 Å². The Labute approximate surface area is 157 Å². The summed E-state index contributed by atoms with van der Waals surface area (Å²) in [6.07, 6.45) is 13.6. The van der Waals surface area contributed by atoms with Gasteiger partial charge in [-0.3, -0.25) is 9.59 Å². The van der Waals surface area contributed by atoms with Crippen LogP contribution in [-0.4, -0.2) is 29.7 Å². The number of hydrogen-bond donors (Lipinski definition) is 0. The summed E-state index contributed by atoms with van der Waals surface area (Å²) in [5, 5.41) is 0. The minimum Gasteiger partial charge on any atom is -0.469 e. The predicted octanol–water partition coefficient (Wildman–Crippen LogP) is 4.77. The first-order valence-electron chi connectivity index (χ1n) is 10.5. The van der Waals surface area contributed by atoms with Crippen molar-refractivity contribution in [2.24, 2.45) is 11.8 Å². The molecule has 4 nitrogen and oxygen atoms in total. The van der Waals surface area contributed by atoms with Gasteiger partial charge in [0.05, 0.1) is 6.26 Å². The lowest BCUT2D eigenvalue weighted by atomic mass is 9.75.